The van der Waals surface area contributed by atoms with Crippen LogP contribution in [0.25, 0.3) is 0 Å². The summed E-state index contributed by atoms with van der Waals surface area (Å²) in [5, 5.41) is 0. The van der Waals surface area contributed by atoms with Crippen molar-refractivity contribution in [2.75, 3.05) is 0 Å². The fraction of sp³-hybridized carbons (Fsp3) is 0. The Morgan fingerprint density at radius 1 is 0.750 bits per heavy atom. The third-order valence-electron chi connectivity index (χ3n) is 0. The van der Waals surface area contributed by atoms with Crippen LogP contribution in [0.3, 0.4) is 0 Å². The van der Waals surface area contributed by atoms with E-state index in [1.165, 1.54) is 0 Å². The SMILES string of the molecule is [AlH3].[F-].[F-].[Mg+2]. The first-order valence-electron chi connectivity index (χ1n) is 0. The largest absolute Gasteiger partial charge is 2.00 e. The Morgan fingerprint density at radius 3 is 0.750 bits per heavy atom. The number of rotatable bonds is 0. The summed E-state index contributed by atoms with van der Waals surface area (Å²) < 4.78 is 0. The first-order chi connectivity index (χ1) is 0. The molecule has 0 aromatic rings. The molecule has 0 radical (unpaired) electrons. The molecule has 0 saturated heterocycles. The summed E-state index contributed by atoms with van der Waals surface area (Å²) in [6.45, 7) is 0. The van der Waals surface area contributed by atoms with E-state index in [1.807, 2.05) is 0 Å². The van der Waals surface area contributed by atoms with Gasteiger partial charge in [0.05, 0.1) is 0 Å². The minimum absolute atomic E-state index is 0. The summed E-state index contributed by atoms with van der Waals surface area (Å²) in [6.07, 6.45) is 0. The Bertz CT molecular complexity index is 6.00. The van der Waals surface area contributed by atoms with E-state index in [9.17, 15) is 0 Å². The topological polar surface area (TPSA) is 0 Å². The van der Waals surface area contributed by atoms with E-state index in [1.54, 1.807) is 0 Å². The van der Waals surface area contributed by atoms with Crippen LogP contribution in [0.15, 0.2) is 0 Å². The Kier molecular flexibility index (Phi) is 513. The zero-order valence-electron chi connectivity index (χ0n) is 1.46. The van der Waals surface area contributed by atoms with Gasteiger partial charge >= 0.3 is 23.1 Å². The van der Waals surface area contributed by atoms with Crippen LogP contribution in [0, 0.1) is 0 Å². The fourth-order valence-corrected chi connectivity index (χ4v) is 0. The molecule has 0 saturated carbocycles. The molecule has 0 aromatic carbocycles. The van der Waals surface area contributed by atoms with Crippen molar-refractivity contribution in [2.45, 2.75) is 0 Å². The first-order valence-corrected chi connectivity index (χ1v) is 0. The van der Waals surface area contributed by atoms with Crippen LogP contribution in [0.2, 0.25) is 0 Å². The quantitative estimate of drug-likeness (QED) is 0.260. The van der Waals surface area contributed by atoms with Crippen LogP contribution in [-0.2, 0) is 0 Å². The van der Waals surface area contributed by atoms with Crippen molar-refractivity contribution in [3.63, 3.8) is 0 Å². The van der Waals surface area contributed by atoms with E-state index < -0.39 is 0 Å². The molecule has 0 aromatic heterocycles. The zero-order valence-corrected chi connectivity index (χ0v) is 2.88. The Hall–Kier alpha value is 1.16. The smallest absolute Gasteiger partial charge is 1.00 e. The standard InChI is InChI=1S/Al.2FH.Mg.3H/h;2*1H;;;;/q;;;+2;;;/p-2. The van der Waals surface area contributed by atoms with Crippen molar-refractivity contribution in [1.29, 1.82) is 0 Å². The van der Waals surface area contributed by atoms with Crippen LogP contribution in [0.1, 0.15) is 0 Å². The van der Waals surface area contributed by atoms with E-state index >= 15 is 0 Å². The van der Waals surface area contributed by atoms with Crippen molar-refractivity contribution < 1.29 is 9.41 Å². The molecule has 22 valence electrons. The molecule has 0 fully saturated rings. The normalized spacial score (nSPS) is 0. The molecule has 4 heavy (non-hydrogen) atoms. The number of hydrogen-bond donors (Lipinski definition) is 0. The van der Waals surface area contributed by atoms with Crippen molar-refractivity contribution in [1.82, 2.24) is 0 Å². The molecule has 0 aliphatic heterocycles. The van der Waals surface area contributed by atoms with Gasteiger partial charge in [0.2, 0.25) is 0 Å². The molecule has 0 N–H and O–H groups in total. The van der Waals surface area contributed by atoms with Gasteiger partial charge in [-0.15, -0.1) is 0 Å². The molecule has 4 heteroatoms. The second-order valence-corrected chi connectivity index (χ2v) is 0. The molecular formula is H3AlF2Mg. The molecule has 0 unspecified atom stereocenters. The molecule has 0 bridgehead atoms. The summed E-state index contributed by atoms with van der Waals surface area (Å²) >= 11 is 0. The van der Waals surface area contributed by atoms with Crippen molar-refractivity contribution in [3.8, 4) is 0 Å². The monoisotopic (exact) mass is 92.0 g/mol. The van der Waals surface area contributed by atoms with Crippen molar-refractivity contribution in [2.24, 2.45) is 0 Å². The van der Waals surface area contributed by atoms with Gasteiger partial charge in [0.1, 0.15) is 0 Å². The van der Waals surface area contributed by atoms with Gasteiger partial charge in [-0.1, -0.05) is 0 Å². The van der Waals surface area contributed by atoms with Crippen molar-refractivity contribution in [3.05, 3.63) is 0 Å². The second-order valence-electron chi connectivity index (χ2n) is 0. The molecule has 0 atom stereocenters. The van der Waals surface area contributed by atoms with Crippen LogP contribution >= 0.6 is 0 Å². The fourth-order valence-electron chi connectivity index (χ4n) is 0. The predicted molar refractivity (Wildman–Crippen MR) is 15.7 cm³/mol. The maximum atomic E-state index is 0. The minimum atomic E-state index is 0. The van der Waals surface area contributed by atoms with E-state index in [2.05, 4.69) is 0 Å². The van der Waals surface area contributed by atoms with Gasteiger partial charge in [0.25, 0.3) is 0 Å². The summed E-state index contributed by atoms with van der Waals surface area (Å²) in [7, 11) is 0. The van der Waals surface area contributed by atoms with Gasteiger partial charge < -0.3 is 9.41 Å². The van der Waals surface area contributed by atoms with E-state index in [-0.39, 0.29) is 49.8 Å². The van der Waals surface area contributed by atoms with Gasteiger partial charge in [-0.05, 0) is 0 Å². The Labute approximate surface area is 50.0 Å². The molecule has 0 spiro atoms. The number of halogens is 2. The first kappa shape index (κ1) is 66.5. The molecular weight excluding hydrogens is 89.3 g/mol. The maximum Gasteiger partial charge on any atom is 2.00 e. The summed E-state index contributed by atoms with van der Waals surface area (Å²) in [5.41, 5.74) is 0. The third-order valence-corrected chi connectivity index (χ3v) is 0. The maximum absolute atomic E-state index is 0. The van der Waals surface area contributed by atoms with Gasteiger partial charge in [-0.25, -0.2) is 0 Å². The van der Waals surface area contributed by atoms with E-state index in [0.29, 0.717) is 0 Å². The zero-order chi connectivity index (χ0) is 0. The average Bonchev–Trinajstić information content (AvgIpc) is 0. The molecule has 0 amide bonds. The summed E-state index contributed by atoms with van der Waals surface area (Å²) in [4.78, 5) is 0. The second kappa shape index (κ2) is 30.9. The Balaban J connectivity index is 0. The van der Waals surface area contributed by atoms with Crippen LogP contribution in [0.4, 0.5) is 0 Å². The Morgan fingerprint density at radius 2 is 0.750 bits per heavy atom. The van der Waals surface area contributed by atoms with E-state index in [0.717, 1.165) is 0 Å². The molecule has 0 aliphatic rings. The van der Waals surface area contributed by atoms with Gasteiger partial charge in [0.15, 0.2) is 17.4 Å². The average molecular weight is 92.3 g/mol. The van der Waals surface area contributed by atoms with Gasteiger partial charge in [0, 0.05) is 0 Å². The van der Waals surface area contributed by atoms with Crippen molar-refractivity contribution >= 4 is 40.4 Å². The molecule has 0 nitrogen and oxygen atoms in total. The third kappa shape index (κ3) is 11.0. The molecule has 0 heterocycles. The predicted octanol–water partition coefficient (Wildman–Crippen LogP) is -7.56. The molecule has 0 rings (SSSR count). The van der Waals surface area contributed by atoms with E-state index in [4.69, 9.17) is 0 Å². The summed E-state index contributed by atoms with van der Waals surface area (Å²) in [6, 6.07) is 0. The molecule has 0 aliphatic carbocycles. The number of hydrogen-bond acceptors (Lipinski definition) is 0. The summed E-state index contributed by atoms with van der Waals surface area (Å²) in [5.74, 6) is 0. The van der Waals surface area contributed by atoms with Crippen LogP contribution < -0.4 is 9.41 Å². The van der Waals surface area contributed by atoms with Crippen LogP contribution in [-0.4, -0.2) is 40.4 Å². The minimum Gasteiger partial charge on any atom is -1.00 e. The van der Waals surface area contributed by atoms with Gasteiger partial charge in [-0.3, -0.25) is 0 Å². The van der Waals surface area contributed by atoms with Gasteiger partial charge in [-0.2, -0.15) is 0 Å². The van der Waals surface area contributed by atoms with Crippen LogP contribution in [0.5, 0.6) is 0 Å².